The lowest BCUT2D eigenvalue weighted by molar-refractivity contribution is 0.497. The van der Waals surface area contributed by atoms with Crippen molar-refractivity contribution in [1.82, 2.24) is 5.32 Å². The fourth-order valence-electron chi connectivity index (χ4n) is 2.94. The van der Waals surface area contributed by atoms with Gasteiger partial charge in [-0.1, -0.05) is 76.5 Å². The van der Waals surface area contributed by atoms with Crippen molar-refractivity contribution in [2.75, 3.05) is 13.6 Å². The van der Waals surface area contributed by atoms with Gasteiger partial charge in [0.1, 0.15) is 5.82 Å². The van der Waals surface area contributed by atoms with Gasteiger partial charge in [-0.2, -0.15) is 0 Å². The molecule has 0 aliphatic carbocycles. The van der Waals surface area contributed by atoms with Gasteiger partial charge in [0.25, 0.3) is 0 Å². The highest BCUT2D eigenvalue weighted by atomic mass is 19.1. The molecule has 1 aromatic carbocycles. The predicted octanol–water partition coefficient (Wildman–Crippen LogP) is 5.66. The van der Waals surface area contributed by atoms with Crippen LogP contribution in [-0.2, 0) is 0 Å². The van der Waals surface area contributed by atoms with Gasteiger partial charge >= 0.3 is 0 Å². The van der Waals surface area contributed by atoms with Gasteiger partial charge in [0, 0.05) is 6.54 Å². The average molecular weight is 293 g/mol. The summed E-state index contributed by atoms with van der Waals surface area (Å²) >= 11 is 0. The summed E-state index contributed by atoms with van der Waals surface area (Å²) in [6, 6.07) is 7.22. The fraction of sp³-hybridized carbons (Fsp3) is 0.684. The van der Waals surface area contributed by atoms with Crippen molar-refractivity contribution in [3.63, 3.8) is 0 Å². The Labute approximate surface area is 130 Å². The van der Waals surface area contributed by atoms with Gasteiger partial charge in [-0.15, -0.1) is 0 Å². The molecule has 0 heterocycles. The SMILES string of the molecule is CCCCCCCCCCC(CNC)c1ccccc1F. The van der Waals surface area contributed by atoms with Crippen LogP contribution in [0.1, 0.15) is 76.2 Å². The van der Waals surface area contributed by atoms with Gasteiger partial charge in [-0.3, -0.25) is 0 Å². The standard InChI is InChI=1S/C19H32FN/c1-3-4-5-6-7-8-9-10-13-17(16-21-2)18-14-11-12-15-19(18)20/h11-12,14-15,17,21H,3-10,13,16H2,1-2H3. The summed E-state index contributed by atoms with van der Waals surface area (Å²) in [6.45, 7) is 3.11. The number of benzene rings is 1. The van der Waals surface area contributed by atoms with E-state index >= 15 is 0 Å². The zero-order valence-electron chi connectivity index (χ0n) is 13.8. The van der Waals surface area contributed by atoms with E-state index in [2.05, 4.69) is 12.2 Å². The second-order valence-electron chi connectivity index (χ2n) is 6.04. The largest absolute Gasteiger partial charge is 0.319 e. The maximum absolute atomic E-state index is 13.9. The third-order valence-corrected chi connectivity index (χ3v) is 4.20. The lowest BCUT2D eigenvalue weighted by atomic mass is 9.92. The summed E-state index contributed by atoms with van der Waals surface area (Å²) in [6.07, 6.45) is 11.7. The molecule has 120 valence electrons. The minimum Gasteiger partial charge on any atom is -0.319 e. The monoisotopic (exact) mass is 293 g/mol. The number of nitrogens with one attached hydrogen (secondary N) is 1. The van der Waals surface area contributed by atoms with Gasteiger partial charge in [-0.25, -0.2) is 4.39 Å². The first-order chi connectivity index (χ1) is 10.3. The van der Waals surface area contributed by atoms with Gasteiger partial charge < -0.3 is 5.32 Å². The topological polar surface area (TPSA) is 12.0 Å². The van der Waals surface area contributed by atoms with Crippen molar-refractivity contribution in [3.05, 3.63) is 35.6 Å². The molecule has 0 aliphatic heterocycles. The molecule has 1 unspecified atom stereocenters. The van der Waals surface area contributed by atoms with E-state index in [4.69, 9.17) is 0 Å². The lowest BCUT2D eigenvalue weighted by Crippen LogP contribution is -2.18. The van der Waals surface area contributed by atoms with Crippen molar-refractivity contribution in [1.29, 1.82) is 0 Å². The van der Waals surface area contributed by atoms with Crippen LogP contribution >= 0.6 is 0 Å². The van der Waals surface area contributed by atoms with Crippen molar-refractivity contribution < 1.29 is 4.39 Å². The Balaban J connectivity index is 2.25. The second-order valence-corrected chi connectivity index (χ2v) is 6.04. The Kier molecular flexibility index (Phi) is 10.1. The number of likely N-dealkylation sites (N-methyl/N-ethyl adjacent to an activating group) is 1. The molecule has 1 atom stereocenters. The zero-order chi connectivity index (χ0) is 15.3. The summed E-state index contributed by atoms with van der Waals surface area (Å²) in [7, 11) is 1.95. The normalized spacial score (nSPS) is 12.5. The molecule has 0 saturated carbocycles. The Morgan fingerprint density at radius 3 is 2.19 bits per heavy atom. The van der Waals surface area contributed by atoms with E-state index in [1.54, 1.807) is 12.1 Å². The summed E-state index contributed by atoms with van der Waals surface area (Å²) in [5.41, 5.74) is 0.870. The molecule has 0 amide bonds. The highest BCUT2D eigenvalue weighted by Gasteiger charge is 2.14. The van der Waals surface area contributed by atoms with Crippen molar-refractivity contribution in [2.45, 2.75) is 70.6 Å². The van der Waals surface area contributed by atoms with Gasteiger partial charge in [0.05, 0.1) is 0 Å². The van der Waals surface area contributed by atoms with Crippen LogP contribution in [-0.4, -0.2) is 13.6 Å². The van der Waals surface area contributed by atoms with Crippen molar-refractivity contribution in [3.8, 4) is 0 Å². The molecule has 1 nitrogen and oxygen atoms in total. The molecule has 0 saturated heterocycles. The second kappa shape index (κ2) is 11.7. The molecule has 1 rings (SSSR count). The smallest absolute Gasteiger partial charge is 0.126 e. The third kappa shape index (κ3) is 7.61. The lowest BCUT2D eigenvalue weighted by Gasteiger charge is -2.17. The van der Waals surface area contributed by atoms with E-state index in [0.717, 1.165) is 18.5 Å². The fourth-order valence-corrected chi connectivity index (χ4v) is 2.94. The molecule has 21 heavy (non-hydrogen) atoms. The molecular weight excluding hydrogens is 261 g/mol. The minimum absolute atomic E-state index is 0.0580. The molecule has 0 spiro atoms. The summed E-state index contributed by atoms with van der Waals surface area (Å²) in [4.78, 5) is 0. The van der Waals surface area contributed by atoms with Crippen LogP contribution in [0.2, 0.25) is 0 Å². The van der Waals surface area contributed by atoms with Gasteiger partial charge in [0.15, 0.2) is 0 Å². The third-order valence-electron chi connectivity index (χ3n) is 4.20. The summed E-state index contributed by atoms with van der Waals surface area (Å²) in [5.74, 6) is 0.244. The van der Waals surface area contributed by atoms with E-state index in [1.165, 1.54) is 51.4 Å². The van der Waals surface area contributed by atoms with Gasteiger partial charge in [0.2, 0.25) is 0 Å². The maximum Gasteiger partial charge on any atom is 0.126 e. The van der Waals surface area contributed by atoms with E-state index in [1.807, 2.05) is 19.2 Å². The molecule has 0 aromatic heterocycles. The average Bonchev–Trinajstić information content (AvgIpc) is 2.49. The Hall–Kier alpha value is -0.890. The first-order valence-electron chi connectivity index (χ1n) is 8.68. The Bertz CT molecular complexity index is 364. The summed E-state index contributed by atoms with van der Waals surface area (Å²) < 4.78 is 13.9. The van der Waals surface area contributed by atoms with Crippen molar-refractivity contribution in [2.24, 2.45) is 0 Å². The molecular formula is C19H32FN. The van der Waals surface area contributed by atoms with E-state index in [0.29, 0.717) is 5.92 Å². The number of hydrogen-bond acceptors (Lipinski definition) is 1. The molecule has 0 aliphatic rings. The van der Waals surface area contributed by atoms with Crippen LogP contribution < -0.4 is 5.32 Å². The van der Waals surface area contributed by atoms with Crippen LogP contribution in [0.15, 0.2) is 24.3 Å². The molecule has 1 N–H and O–H groups in total. The predicted molar refractivity (Wildman–Crippen MR) is 90.3 cm³/mol. The van der Waals surface area contributed by atoms with Crippen LogP contribution in [0.25, 0.3) is 0 Å². The van der Waals surface area contributed by atoms with Crippen LogP contribution in [0, 0.1) is 5.82 Å². The first-order valence-corrected chi connectivity index (χ1v) is 8.68. The summed E-state index contributed by atoms with van der Waals surface area (Å²) in [5, 5.41) is 3.20. The maximum atomic E-state index is 13.9. The van der Waals surface area contributed by atoms with Gasteiger partial charge in [-0.05, 0) is 31.0 Å². The number of halogens is 1. The zero-order valence-corrected chi connectivity index (χ0v) is 13.8. The molecule has 2 heteroatoms. The molecule has 1 aromatic rings. The van der Waals surface area contributed by atoms with Crippen LogP contribution in [0.4, 0.5) is 4.39 Å². The highest BCUT2D eigenvalue weighted by molar-refractivity contribution is 5.22. The van der Waals surface area contributed by atoms with E-state index < -0.39 is 0 Å². The van der Waals surface area contributed by atoms with E-state index in [9.17, 15) is 4.39 Å². The van der Waals surface area contributed by atoms with Crippen molar-refractivity contribution >= 4 is 0 Å². The molecule has 0 radical (unpaired) electrons. The highest BCUT2D eigenvalue weighted by Crippen LogP contribution is 2.24. The molecule has 0 fully saturated rings. The number of rotatable bonds is 12. The quantitative estimate of drug-likeness (QED) is 0.490. The number of unbranched alkanes of at least 4 members (excludes halogenated alkanes) is 7. The Morgan fingerprint density at radius 1 is 0.952 bits per heavy atom. The van der Waals surface area contributed by atoms with Crippen LogP contribution in [0.3, 0.4) is 0 Å². The van der Waals surface area contributed by atoms with E-state index in [-0.39, 0.29) is 5.82 Å². The Morgan fingerprint density at radius 2 is 1.57 bits per heavy atom. The first kappa shape index (κ1) is 18.2. The number of hydrogen-bond donors (Lipinski definition) is 1. The molecule has 0 bridgehead atoms. The minimum atomic E-state index is -0.0580. The van der Waals surface area contributed by atoms with Crippen LogP contribution in [0.5, 0.6) is 0 Å².